The number of benzene rings is 2. The molecular formula is C19H20N2O4S. The number of aliphatic imine (C=N–C) groups is 1. The number of sulfonamides is 1. The van der Waals surface area contributed by atoms with Crippen LogP contribution in [0, 0.1) is 0 Å². The molecule has 26 heavy (non-hydrogen) atoms. The lowest BCUT2D eigenvalue weighted by Crippen LogP contribution is -2.34. The second-order valence-corrected chi connectivity index (χ2v) is 7.69. The highest BCUT2D eigenvalue weighted by atomic mass is 32.2. The Kier molecular flexibility index (Phi) is 5.08. The molecular weight excluding hydrogens is 352 g/mol. The van der Waals surface area contributed by atoms with Crippen LogP contribution >= 0.6 is 0 Å². The number of carbonyl (C=O) groups excluding carboxylic acids is 1. The smallest absolute Gasteiger partial charge is 0.339 e. The molecule has 3 rings (SSSR count). The van der Waals surface area contributed by atoms with Crippen LogP contribution in [-0.2, 0) is 14.8 Å². The van der Waals surface area contributed by atoms with Gasteiger partial charge in [-0.25, -0.2) is 13.2 Å². The van der Waals surface area contributed by atoms with Gasteiger partial charge in [-0.05, 0) is 31.5 Å². The minimum atomic E-state index is -3.92. The minimum absolute atomic E-state index is 0.0327. The molecule has 0 radical (unpaired) electrons. The topological polar surface area (TPSA) is 76.0 Å². The van der Waals surface area contributed by atoms with Crippen LogP contribution in [0.15, 0.2) is 64.5 Å². The fourth-order valence-electron chi connectivity index (χ4n) is 2.93. The van der Waals surface area contributed by atoms with E-state index in [0.717, 1.165) is 5.56 Å². The first kappa shape index (κ1) is 18.1. The minimum Gasteiger partial charge on any atom is -0.462 e. The first-order valence-corrected chi connectivity index (χ1v) is 9.77. The number of carbonyl (C=O) groups is 1. The van der Waals surface area contributed by atoms with Crippen molar-refractivity contribution in [1.29, 1.82) is 0 Å². The van der Waals surface area contributed by atoms with Gasteiger partial charge in [-0.3, -0.25) is 9.30 Å². The van der Waals surface area contributed by atoms with Gasteiger partial charge in [0.25, 0.3) is 10.0 Å². The SMILES string of the molecule is CCOC(=O)c1ccccc1S(=O)(=O)N1CC(c2ccccc2)N=C1C. The number of amidine groups is 1. The van der Waals surface area contributed by atoms with Gasteiger partial charge in [0.15, 0.2) is 0 Å². The first-order valence-electron chi connectivity index (χ1n) is 8.33. The Labute approximate surface area is 153 Å². The Bertz CT molecular complexity index is 939. The van der Waals surface area contributed by atoms with Crippen molar-refractivity contribution >= 4 is 21.8 Å². The van der Waals surface area contributed by atoms with E-state index in [1.54, 1.807) is 26.0 Å². The van der Waals surface area contributed by atoms with Crippen LogP contribution in [0.2, 0.25) is 0 Å². The van der Waals surface area contributed by atoms with Gasteiger partial charge in [0.05, 0.1) is 24.8 Å². The molecule has 1 heterocycles. The molecule has 0 fully saturated rings. The summed E-state index contributed by atoms with van der Waals surface area (Å²) in [5.41, 5.74) is 0.980. The summed E-state index contributed by atoms with van der Waals surface area (Å²) in [6, 6.07) is 15.4. The highest BCUT2D eigenvalue weighted by Crippen LogP contribution is 2.30. The molecule has 0 aromatic heterocycles. The summed E-state index contributed by atoms with van der Waals surface area (Å²) in [5.74, 6) is -0.252. The molecule has 1 unspecified atom stereocenters. The van der Waals surface area contributed by atoms with Crippen molar-refractivity contribution in [1.82, 2.24) is 4.31 Å². The average molecular weight is 372 g/mol. The van der Waals surface area contributed by atoms with E-state index in [1.165, 1.54) is 16.4 Å². The van der Waals surface area contributed by atoms with Crippen LogP contribution in [-0.4, -0.2) is 37.7 Å². The molecule has 0 saturated heterocycles. The quantitative estimate of drug-likeness (QED) is 0.756. The average Bonchev–Trinajstić information content (AvgIpc) is 3.05. The molecule has 1 aliphatic heterocycles. The van der Waals surface area contributed by atoms with Gasteiger partial charge in [0.2, 0.25) is 0 Å². The van der Waals surface area contributed by atoms with Crippen LogP contribution in [0.1, 0.15) is 35.8 Å². The molecule has 2 aromatic rings. The Morgan fingerprint density at radius 1 is 1.15 bits per heavy atom. The normalized spacial score (nSPS) is 17.1. The summed E-state index contributed by atoms with van der Waals surface area (Å²) in [5, 5.41) is 0. The molecule has 136 valence electrons. The van der Waals surface area contributed by atoms with E-state index in [1.807, 2.05) is 30.3 Å². The van der Waals surface area contributed by atoms with Crippen molar-refractivity contribution in [3.05, 3.63) is 65.7 Å². The van der Waals surface area contributed by atoms with E-state index in [4.69, 9.17) is 4.74 Å². The standard InChI is InChI=1S/C19H20N2O4S/c1-3-25-19(22)16-11-7-8-12-18(16)26(23,24)21-13-17(20-14(21)2)15-9-5-4-6-10-15/h4-12,17H,3,13H2,1-2H3. The number of hydrogen-bond acceptors (Lipinski definition) is 5. The van der Waals surface area contributed by atoms with E-state index in [-0.39, 0.29) is 29.7 Å². The lowest BCUT2D eigenvalue weighted by molar-refractivity contribution is 0.0521. The van der Waals surface area contributed by atoms with E-state index in [2.05, 4.69) is 4.99 Å². The summed E-state index contributed by atoms with van der Waals surface area (Å²) in [7, 11) is -3.92. The number of rotatable bonds is 5. The fraction of sp³-hybridized carbons (Fsp3) is 0.263. The summed E-state index contributed by atoms with van der Waals surface area (Å²) in [6.07, 6.45) is 0. The largest absolute Gasteiger partial charge is 0.462 e. The third kappa shape index (κ3) is 3.35. The number of hydrogen-bond donors (Lipinski definition) is 0. The van der Waals surface area contributed by atoms with E-state index in [0.29, 0.717) is 5.84 Å². The summed E-state index contributed by atoms with van der Waals surface area (Å²) >= 11 is 0. The Hall–Kier alpha value is -2.67. The maximum absolute atomic E-state index is 13.2. The fourth-order valence-corrected chi connectivity index (χ4v) is 4.58. The van der Waals surface area contributed by atoms with E-state index >= 15 is 0 Å². The van der Waals surface area contributed by atoms with Gasteiger partial charge >= 0.3 is 5.97 Å². The van der Waals surface area contributed by atoms with Crippen molar-refractivity contribution < 1.29 is 17.9 Å². The van der Waals surface area contributed by atoms with Crippen LogP contribution in [0.4, 0.5) is 0 Å². The van der Waals surface area contributed by atoms with Crippen molar-refractivity contribution in [2.24, 2.45) is 4.99 Å². The highest BCUT2D eigenvalue weighted by molar-refractivity contribution is 7.89. The maximum Gasteiger partial charge on any atom is 0.339 e. The summed E-state index contributed by atoms with van der Waals surface area (Å²) in [4.78, 5) is 16.6. The number of esters is 1. The molecule has 0 N–H and O–H groups in total. The van der Waals surface area contributed by atoms with Gasteiger partial charge in [0, 0.05) is 0 Å². The third-order valence-corrected chi connectivity index (χ3v) is 6.08. The van der Waals surface area contributed by atoms with Crippen molar-refractivity contribution in [3.63, 3.8) is 0 Å². The zero-order valence-electron chi connectivity index (χ0n) is 14.6. The van der Waals surface area contributed by atoms with Gasteiger partial charge < -0.3 is 4.74 Å². The lowest BCUT2D eigenvalue weighted by atomic mass is 10.1. The molecule has 6 nitrogen and oxygen atoms in total. The summed E-state index contributed by atoms with van der Waals surface area (Å²) in [6.45, 7) is 3.72. The molecule has 0 aliphatic carbocycles. The molecule has 0 spiro atoms. The maximum atomic E-state index is 13.2. The first-order chi connectivity index (χ1) is 12.4. The Morgan fingerprint density at radius 2 is 1.81 bits per heavy atom. The van der Waals surface area contributed by atoms with Crippen LogP contribution in [0.3, 0.4) is 0 Å². The molecule has 7 heteroatoms. The zero-order chi connectivity index (χ0) is 18.7. The molecule has 0 bridgehead atoms. The second-order valence-electron chi connectivity index (χ2n) is 5.86. The monoisotopic (exact) mass is 372 g/mol. The molecule has 2 aromatic carbocycles. The Balaban J connectivity index is 1.95. The van der Waals surface area contributed by atoms with Gasteiger partial charge in [-0.15, -0.1) is 0 Å². The summed E-state index contributed by atoms with van der Waals surface area (Å²) < 4.78 is 32.6. The van der Waals surface area contributed by atoms with Gasteiger partial charge in [-0.2, -0.15) is 0 Å². The third-order valence-electron chi connectivity index (χ3n) is 4.18. The van der Waals surface area contributed by atoms with Crippen molar-refractivity contribution in [2.75, 3.05) is 13.2 Å². The molecule has 0 amide bonds. The van der Waals surface area contributed by atoms with Crippen LogP contribution in [0.25, 0.3) is 0 Å². The lowest BCUT2D eigenvalue weighted by Gasteiger charge is -2.21. The second kappa shape index (κ2) is 7.29. The highest BCUT2D eigenvalue weighted by Gasteiger charge is 2.35. The van der Waals surface area contributed by atoms with Crippen molar-refractivity contribution in [2.45, 2.75) is 24.8 Å². The van der Waals surface area contributed by atoms with Crippen LogP contribution in [0.5, 0.6) is 0 Å². The predicted molar refractivity (Wildman–Crippen MR) is 98.6 cm³/mol. The zero-order valence-corrected chi connectivity index (χ0v) is 15.4. The number of nitrogens with zero attached hydrogens (tertiary/aromatic N) is 2. The Morgan fingerprint density at radius 3 is 2.50 bits per heavy atom. The van der Waals surface area contributed by atoms with Gasteiger partial charge in [-0.1, -0.05) is 42.5 Å². The van der Waals surface area contributed by atoms with Crippen molar-refractivity contribution in [3.8, 4) is 0 Å². The number of ether oxygens (including phenoxy) is 1. The van der Waals surface area contributed by atoms with E-state index in [9.17, 15) is 13.2 Å². The predicted octanol–water partition coefficient (Wildman–Crippen LogP) is 3.03. The molecule has 1 aliphatic rings. The van der Waals surface area contributed by atoms with E-state index < -0.39 is 16.0 Å². The molecule has 0 saturated carbocycles. The molecule has 1 atom stereocenters. The van der Waals surface area contributed by atoms with Crippen LogP contribution < -0.4 is 0 Å². The van der Waals surface area contributed by atoms with Gasteiger partial charge in [0.1, 0.15) is 10.7 Å².